The molecular formula is C21H19FN2O2S. The highest BCUT2D eigenvalue weighted by atomic mass is 32.1. The molecule has 0 aliphatic heterocycles. The van der Waals surface area contributed by atoms with Crippen LogP contribution in [0.25, 0.3) is 10.4 Å². The van der Waals surface area contributed by atoms with Crippen LogP contribution in [0.5, 0.6) is 0 Å². The van der Waals surface area contributed by atoms with Crippen LogP contribution in [0.15, 0.2) is 54.6 Å². The molecule has 0 aliphatic carbocycles. The van der Waals surface area contributed by atoms with Crippen LogP contribution in [-0.4, -0.2) is 11.8 Å². The molecule has 3 rings (SSSR count). The molecule has 0 unspecified atom stereocenters. The van der Waals surface area contributed by atoms with Crippen molar-refractivity contribution in [2.75, 3.05) is 10.6 Å². The molecular weight excluding hydrogens is 363 g/mol. The van der Waals surface area contributed by atoms with Gasteiger partial charge in [-0.3, -0.25) is 9.59 Å². The molecule has 4 nitrogen and oxygen atoms in total. The van der Waals surface area contributed by atoms with Gasteiger partial charge in [0.15, 0.2) is 0 Å². The maximum atomic E-state index is 13.9. The first kappa shape index (κ1) is 18.8. The monoisotopic (exact) mass is 382 g/mol. The van der Waals surface area contributed by atoms with Crippen molar-refractivity contribution >= 4 is 34.5 Å². The Morgan fingerprint density at radius 3 is 2.56 bits per heavy atom. The second kappa shape index (κ2) is 8.14. The summed E-state index contributed by atoms with van der Waals surface area (Å²) in [4.78, 5) is 25.3. The van der Waals surface area contributed by atoms with Gasteiger partial charge in [0.25, 0.3) is 5.91 Å². The van der Waals surface area contributed by atoms with Crippen LogP contribution in [0.1, 0.15) is 28.6 Å². The lowest BCUT2D eigenvalue weighted by Gasteiger charge is -2.11. The van der Waals surface area contributed by atoms with Crippen molar-refractivity contribution in [1.29, 1.82) is 0 Å². The van der Waals surface area contributed by atoms with Gasteiger partial charge in [-0.2, -0.15) is 0 Å². The first-order valence-electron chi connectivity index (χ1n) is 8.54. The van der Waals surface area contributed by atoms with Crippen molar-refractivity contribution in [2.24, 2.45) is 0 Å². The number of nitrogens with one attached hydrogen (secondary N) is 2. The molecule has 0 fully saturated rings. The lowest BCUT2D eigenvalue weighted by atomic mass is 10.1. The lowest BCUT2D eigenvalue weighted by Crippen LogP contribution is -2.13. The molecule has 0 spiro atoms. The van der Waals surface area contributed by atoms with E-state index in [0.717, 1.165) is 5.56 Å². The molecule has 0 bridgehead atoms. The number of anilines is 2. The van der Waals surface area contributed by atoms with Crippen molar-refractivity contribution in [3.63, 3.8) is 0 Å². The summed E-state index contributed by atoms with van der Waals surface area (Å²) < 4.78 is 13.9. The molecule has 0 saturated heterocycles. The standard InChI is InChI=1S/C21H19FN2O2S/c1-3-20(25)23-14-9-8-13(2)17(12-14)24-21(26)19-11-10-18(27-19)15-6-4-5-7-16(15)22/h4-12H,3H2,1-2H3,(H,23,25)(H,24,26). The number of rotatable bonds is 5. The smallest absolute Gasteiger partial charge is 0.265 e. The largest absolute Gasteiger partial charge is 0.326 e. The van der Waals surface area contributed by atoms with Gasteiger partial charge in [0.05, 0.1) is 4.88 Å². The van der Waals surface area contributed by atoms with Gasteiger partial charge in [-0.05, 0) is 42.8 Å². The van der Waals surface area contributed by atoms with Crippen LogP contribution in [0.3, 0.4) is 0 Å². The molecule has 1 heterocycles. The quantitative estimate of drug-likeness (QED) is 0.615. The molecule has 0 saturated carbocycles. The van der Waals surface area contributed by atoms with E-state index in [1.54, 1.807) is 49.4 Å². The maximum Gasteiger partial charge on any atom is 0.265 e. The number of carbonyl (C=O) groups is 2. The van der Waals surface area contributed by atoms with Gasteiger partial charge in [0.1, 0.15) is 5.82 Å². The van der Waals surface area contributed by atoms with E-state index in [-0.39, 0.29) is 17.6 Å². The molecule has 6 heteroatoms. The number of carbonyl (C=O) groups excluding carboxylic acids is 2. The molecule has 1 aromatic heterocycles. The zero-order valence-corrected chi connectivity index (χ0v) is 15.8. The van der Waals surface area contributed by atoms with Crippen LogP contribution in [0, 0.1) is 12.7 Å². The fourth-order valence-corrected chi connectivity index (χ4v) is 3.46. The Morgan fingerprint density at radius 2 is 1.81 bits per heavy atom. The van der Waals surface area contributed by atoms with E-state index in [9.17, 15) is 14.0 Å². The van der Waals surface area contributed by atoms with Crippen molar-refractivity contribution in [1.82, 2.24) is 0 Å². The Labute approximate surface area is 161 Å². The number of benzene rings is 2. The van der Waals surface area contributed by atoms with Crippen LogP contribution in [0.2, 0.25) is 0 Å². The molecule has 0 radical (unpaired) electrons. The third-order valence-corrected chi connectivity index (χ3v) is 5.18. The van der Waals surface area contributed by atoms with E-state index in [1.165, 1.54) is 17.4 Å². The highest BCUT2D eigenvalue weighted by Crippen LogP contribution is 2.31. The predicted molar refractivity (Wildman–Crippen MR) is 108 cm³/mol. The van der Waals surface area contributed by atoms with E-state index in [2.05, 4.69) is 10.6 Å². The maximum absolute atomic E-state index is 13.9. The van der Waals surface area contributed by atoms with Crippen LogP contribution < -0.4 is 10.6 Å². The molecule has 0 atom stereocenters. The minimum Gasteiger partial charge on any atom is -0.326 e. The minimum atomic E-state index is -0.318. The first-order valence-corrected chi connectivity index (χ1v) is 9.36. The topological polar surface area (TPSA) is 58.2 Å². The Bertz CT molecular complexity index is 997. The summed E-state index contributed by atoms with van der Waals surface area (Å²) in [6.07, 6.45) is 0.379. The second-order valence-electron chi connectivity index (χ2n) is 6.03. The average molecular weight is 382 g/mol. The summed E-state index contributed by atoms with van der Waals surface area (Å²) in [6, 6.07) is 15.3. The number of amides is 2. The summed E-state index contributed by atoms with van der Waals surface area (Å²) in [6.45, 7) is 3.65. The van der Waals surface area contributed by atoms with Gasteiger partial charge in [-0.15, -0.1) is 11.3 Å². The van der Waals surface area contributed by atoms with Crippen LogP contribution in [-0.2, 0) is 4.79 Å². The first-order chi connectivity index (χ1) is 13.0. The summed E-state index contributed by atoms with van der Waals surface area (Å²) in [5, 5.41) is 5.64. The third kappa shape index (κ3) is 4.41. The van der Waals surface area contributed by atoms with Crippen LogP contribution in [0.4, 0.5) is 15.8 Å². The van der Waals surface area contributed by atoms with Gasteiger partial charge >= 0.3 is 0 Å². The molecule has 2 amide bonds. The van der Waals surface area contributed by atoms with Gasteiger partial charge in [-0.1, -0.05) is 31.2 Å². The fraction of sp³-hybridized carbons (Fsp3) is 0.143. The number of hydrogen-bond acceptors (Lipinski definition) is 3. The number of aryl methyl sites for hydroxylation is 1. The zero-order valence-electron chi connectivity index (χ0n) is 15.0. The SMILES string of the molecule is CCC(=O)Nc1ccc(C)c(NC(=O)c2ccc(-c3ccccc3F)s2)c1. The van der Waals surface area contributed by atoms with Gasteiger partial charge in [0.2, 0.25) is 5.91 Å². The number of hydrogen-bond donors (Lipinski definition) is 2. The minimum absolute atomic E-state index is 0.0936. The fourth-order valence-electron chi connectivity index (χ4n) is 2.53. The molecule has 2 N–H and O–H groups in total. The number of halogens is 1. The third-order valence-electron chi connectivity index (χ3n) is 4.06. The Morgan fingerprint density at radius 1 is 1.04 bits per heavy atom. The van der Waals surface area contributed by atoms with Crippen molar-refractivity contribution in [2.45, 2.75) is 20.3 Å². The molecule has 27 heavy (non-hydrogen) atoms. The second-order valence-corrected chi connectivity index (χ2v) is 7.11. The molecule has 138 valence electrons. The molecule has 3 aromatic rings. The van der Waals surface area contributed by atoms with E-state index >= 15 is 0 Å². The normalized spacial score (nSPS) is 10.5. The summed E-state index contributed by atoms with van der Waals surface area (Å²) >= 11 is 1.23. The number of thiophene rings is 1. The Kier molecular flexibility index (Phi) is 5.66. The van der Waals surface area contributed by atoms with Crippen molar-refractivity contribution < 1.29 is 14.0 Å². The average Bonchev–Trinajstić information content (AvgIpc) is 3.14. The zero-order chi connectivity index (χ0) is 19.4. The van der Waals surface area contributed by atoms with E-state index in [4.69, 9.17) is 0 Å². The summed E-state index contributed by atoms with van der Waals surface area (Å²) in [5.74, 6) is -0.685. The van der Waals surface area contributed by atoms with Gasteiger partial charge in [-0.25, -0.2) is 4.39 Å². The Balaban J connectivity index is 1.79. The lowest BCUT2D eigenvalue weighted by molar-refractivity contribution is -0.115. The van der Waals surface area contributed by atoms with Gasteiger partial charge in [0, 0.05) is 28.2 Å². The highest BCUT2D eigenvalue weighted by molar-refractivity contribution is 7.17. The van der Waals surface area contributed by atoms with Crippen molar-refractivity contribution in [3.8, 4) is 10.4 Å². The van der Waals surface area contributed by atoms with E-state index < -0.39 is 0 Å². The molecule has 2 aromatic carbocycles. The van der Waals surface area contributed by atoms with Crippen molar-refractivity contribution in [3.05, 3.63) is 70.9 Å². The Hall–Kier alpha value is -2.99. The van der Waals surface area contributed by atoms with E-state index in [0.29, 0.717) is 33.1 Å². The highest BCUT2D eigenvalue weighted by Gasteiger charge is 2.14. The summed E-state index contributed by atoms with van der Waals surface area (Å²) in [5.41, 5.74) is 2.60. The summed E-state index contributed by atoms with van der Waals surface area (Å²) in [7, 11) is 0. The molecule has 0 aliphatic rings. The van der Waals surface area contributed by atoms with E-state index in [1.807, 2.05) is 13.0 Å². The predicted octanol–water partition coefficient (Wildman–Crippen LogP) is 5.46. The van der Waals surface area contributed by atoms with Gasteiger partial charge < -0.3 is 10.6 Å². The van der Waals surface area contributed by atoms with Crippen LogP contribution >= 0.6 is 11.3 Å².